The lowest BCUT2D eigenvalue weighted by atomic mass is 9.91. The summed E-state index contributed by atoms with van der Waals surface area (Å²) >= 11 is 0. The Kier molecular flexibility index (Phi) is 7.82. The summed E-state index contributed by atoms with van der Waals surface area (Å²) in [6, 6.07) is 3.09. The number of aliphatic imine (C=N–C) groups is 1. The van der Waals surface area contributed by atoms with Crippen LogP contribution in [0.2, 0.25) is 0 Å². The van der Waals surface area contributed by atoms with Crippen LogP contribution in [-0.2, 0) is 11.6 Å². The van der Waals surface area contributed by atoms with Crippen molar-refractivity contribution in [3.8, 4) is 0 Å². The van der Waals surface area contributed by atoms with E-state index in [0.717, 1.165) is 18.9 Å². The summed E-state index contributed by atoms with van der Waals surface area (Å²) in [7, 11) is 0. The van der Waals surface area contributed by atoms with Crippen molar-refractivity contribution in [1.29, 1.82) is 0 Å². The first-order chi connectivity index (χ1) is 18.4. The van der Waals surface area contributed by atoms with Crippen molar-refractivity contribution in [2.24, 2.45) is 10.9 Å². The van der Waals surface area contributed by atoms with Crippen LogP contribution in [0.3, 0.4) is 0 Å². The number of carbonyl (C=O) groups excluding carboxylic acids is 1. The molecule has 1 aromatic carbocycles. The highest BCUT2D eigenvalue weighted by molar-refractivity contribution is 5.95. The second kappa shape index (κ2) is 10.6. The van der Waals surface area contributed by atoms with Crippen molar-refractivity contribution in [2.45, 2.75) is 76.4 Å². The number of carbonyl (C=O) groups is 1. The first-order valence-corrected chi connectivity index (χ1v) is 12.9. The number of rotatable bonds is 7. The van der Waals surface area contributed by atoms with Crippen LogP contribution in [0, 0.1) is 5.92 Å². The van der Waals surface area contributed by atoms with Crippen LogP contribution in [0.1, 0.15) is 67.9 Å². The smallest absolute Gasteiger partial charge is 0.332 e. The zero-order valence-corrected chi connectivity index (χ0v) is 21.7. The van der Waals surface area contributed by atoms with Gasteiger partial charge in [0.25, 0.3) is 5.91 Å². The second-order valence-electron chi connectivity index (χ2n) is 9.76. The van der Waals surface area contributed by atoms with Gasteiger partial charge in [0, 0.05) is 24.5 Å². The molecule has 2 aliphatic carbocycles. The highest BCUT2D eigenvalue weighted by Gasteiger charge is 2.64. The molecule has 0 bridgehead atoms. The van der Waals surface area contributed by atoms with E-state index in [1.54, 1.807) is 13.0 Å². The third kappa shape index (κ3) is 5.81. The van der Waals surface area contributed by atoms with Gasteiger partial charge in [0.2, 0.25) is 5.95 Å². The molecule has 1 N–H and O–H groups in total. The normalized spacial score (nSPS) is 20.5. The van der Waals surface area contributed by atoms with E-state index in [-0.39, 0.29) is 31.3 Å². The third-order valence-electron chi connectivity index (χ3n) is 7.14. The molecule has 0 radical (unpaired) electrons. The van der Waals surface area contributed by atoms with Crippen LogP contribution in [-0.4, -0.2) is 52.0 Å². The summed E-state index contributed by atoms with van der Waals surface area (Å²) in [5.41, 5.74) is -1.70. The number of halogens is 6. The van der Waals surface area contributed by atoms with Crippen LogP contribution in [0.25, 0.3) is 0 Å². The molecule has 5 rings (SSSR count). The first kappa shape index (κ1) is 28.6. The standard InChI is InChI=1S/C24H24F6N6O.C2H6/c1-14(19-33-13-34-36(19)21-31-7-2-8-32-21)35(12-15-3-4-15)20(37)16-9-17(11-18(10-16)23(25,26)27)22(5-6-22)24(28,29)30;1-2/h2,7-11,13-15,19H,3-6,12H2,1H3,(H,33,34);1-2H3. The predicted molar refractivity (Wildman–Crippen MR) is 133 cm³/mol. The largest absolute Gasteiger partial charge is 0.416 e. The molecule has 2 saturated carbocycles. The van der Waals surface area contributed by atoms with Crippen LogP contribution in [0.15, 0.2) is 41.7 Å². The van der Waals surface area contributed by atoms with Gasteiger partial charge in [0.15, 0.2) is 6.17 Å². The molecule has 2 fully saturated rings. The highest BCUT2D eigenvalue weighted by Crippen LogP contribution is 2.59. The molecule has 39 heavy (non-hydrogen) atoms. The van der Waals surface area contributed by atoms with Gasteiger partial charge in [0.05, 0.1) is 17.0 Å². The highest BCUT2D eigenvalue weighted by atomic mass is 19.4. The lowest BCUT2D eigenvalue weighted by molar-refractivity contribution is -0.161. The van der Waals surface area contributed by atoms with Gasteiger partial charge < -0.3 is 4.90 Å². The van der Waals surface area contributed by atoms with E-state index in [0.29, 0.717) is 12.1 Å². The zero-order valence-electron chi connectivity index (χ0n) is 21.7. The molecule has 2 heterocycles. The number of amides is 1. The maximum atomic E-state index is 13.8. The minimum absolute atomic E-state index is 0.154. The summed E-state index contributed by atoms with van der Waals surface area (Å²) in [5, 5.41) is 1.53. The molecule has 1 amide bonds. The molecule has 2 atom stereocenters. The number of alkyl halides is 6. The Morgan fingerprint density at radius 2 is 1.74 bits per heavy atom. The van der Waals surface area contributed by atoms with Crippen molar-refractivity contribution in [2.75, 3.05) is 11.6 Å². The van der Waals surface area contributed by atoms with Gasteiger partial charge in [-0.05, 0) is 68.4 Å². The second-order valence-corrected chi connectivity index (χ2v) is 9.76. The van der Waals surface area contributed by atoms with E-state index in [2.05, 4.69) is 20.4 Å². The Morgan fingerprint density at radius 3 is 2.28 bits per heavy atom. The van der Waals surface area contributed by atoms with E-state index in [1.807, 2.05) is 13.8 Å². The molecule has 0 saturated heterocycles. The maximum Gasteiger partial charge on any atom is 0.416 e. The van der Waals surface area contributed by atoms with Gasteiger partial charge in [-0.15, -0.1) is 0 Å². The summed E-state index contributed by atoms with van der Waals surface area (Å²) in [5.74, 6) is -0.347. The number of hydrogen-bond donors (Lipinski definition) is 1. The van der Waals surface area contributed by atoms with Crippen molar-refractivity contribution in [3.05, 3.63) is 53.3 Å². The van der Waals surface area contributed by atoms with Gasteiger partial charge in [-0.3, -0.25) is 10.2 Å². The van der Waals surface area contributed by atoms with Gasteiger partial charge in [-0.2, -0.15) is 26.3 Å². The molecular weight excluding hydrogens is 526 g/mol. The summed E-state index contributed by atoms with van der Waals surface area (Å²) < 4.78 is 82.6. The molecule has 7 nitrogen and oxygen atoms in total. The van der Waals surface area contributed by atoms with Crippen molar-refractivity contribution < 1.29 is 31.1 Å². The van der Waals surface area contributed by atoms with Crippen molar-refractivity contribution in [1.82, 2.24) is 20.3 Å². The summed E-state index contributed by atoms with van der Waals surface area (Å²) in [6.07, 6.45) is -4.84. The monoisotopic (exact) mass is 556 g/mol. The summed E-state index contributed by atoms with van der Waals surface area (Å²) in [4.78, 5) is 27.8. The Morgan fingerprint density at radius 1 is 1.10 bits per heavy atom. The number of hydrazine groups is 1. The number of hydrogen-bond acceptors (Lipinski definition) is 6. The first-order valence-electron chi connectivity index (χ1n) is 12.9. The maximum absolute atomic E-state index is 13.8. The van der Waals surface area contributed by atoms with E-state index >= 15 is 0 Å². The third-order valence-corrected chi connectivity index (χ3v) is 7.14. The Balaban J connectivity index is 0.00000172. The van der Waals surface area contributed by atoms with Crippen LogP contribution in [0.5, 0.6) is 0 Å². The molecular formula is C26H30F6N6O. The number of aromatic nitrogens is 2. The van der Waals surface area contributed by atoms with E-state index in [9.17, 15) is 31.1 Å². The minimum Gasteiger partial charge on any atom is -0.332 e. The summed E-state index contributed by atoms with van der Waals surface area (Å²) in [6.45, 7) is 5.93. The van der Waals surface area contributed by atoms with Gasteiger partial charge in [0.1, 0.15) is 6.34 Å². The number of nitrogens with zero attached hydrogens (tertiary/aromatic N) is 5. The molecule has 13 heteroatoms. The molecule has 1 aliphatic heterocycles. The van der Waals surface area contributed by atoms with Crippen LogP contribution >= 0.6 is 0 Å². The van der Waals surface area contributed by atoms with Crippen LogP contribution < -0.4 is 10.4 Å². The molecule has 2 aromatic rings. The fourth-order valence-corrected chi connectivity index (χ4v) is 4.64. The average molecular weight is 557 g/mol. The lowest BCUT2D eigenvalue weighted by Crippen LogP contribution is -2.53. The predicted octanol–water partition coefficient (Wildman–Crippen LogP) is 5.74. The molecule has 3 aliphatic rings. The van der Waals surface area contributed by atoms with Gasteiger partial charge in [-0.25, -0.2) is 20.0 Å². The molecule has 0 spiro atoms. The fourth-order valence-electron chi connectivity index (χ4n) is 4.64. The molecule has 212 valence electrons. The fraction of sp³-hybridized carbons (Fsp3) is 0.538. The lowest BCUT2D eigenvalue weighted by Gasteiger charge is -2.36. The zero-order chi connectivity index (χ0) is 28.6. The Bertz CT molecular complexity index is 1190. The Hall–Kier alpha value is -3.38. The van der Waals surface area contributed by atoms with Crippen molar-refractivity contribution in [3.63, 3.8) is 0 Å². The van der Waals surface area contributed by atoms with E-state index in [4.69, 9.17) is 0 Å². The Labute approximate surface area is 222 Å². The number of anilines is 1. The quantitative estimate of drug-likeness (QED) is 0.441. The van der Waals surface area contributed by atoms with E-state index in [1.165, 1.54) is 28.6 Å². The van der Waals surface area contributed by atoms with Crippen LogP contribution in [0.4, 0.5) is 32.3 Å². The molecule has 1 aromatic heterocycles. The minimum atomic E-state index is -4.92. The SMILES string of the molecule is CC.CC(C1N=CNN1c1ncccn1)N(CC1CC1)C(=O)c1cc(C(F)(F)F)cc(C2(C(F)(F)F)CC2)c1. The van der Waals surface area contributed by atoms with Gasteiger partial charge >= 0.3 is 12.4 Å². The topological polar surface area (TPSA) is 73.7 Å². The van der Waals surface area contributed by atoms with E-state index < -0.39 is 52.6 Å². The average Bonchev–Trinajstić information content (AvgIpc) is 3.84. The van der Waals surface area contributed by atoms with Gasteiger partial charge in [-0.1, -0.05) is 13.8 Å². The number of nitrogens with one attached hydrogen (secondary N) is 1. The molecule has 2 unspecified atom stereocenters. The van der Waals surface area contributed by atoms with Crippen molar-refractivity contribution >= 4 is 18.2 Å². The number of benzene rings is 1.